The van der Waals surface area contributed by atoms with Crippen molar-refractivity contribution >= 4 is 0 Å². The average Bonchev–Trinajstić information content (AvgIpc) is 2.84. The topological polar surface area (TPSA) is 28.2 Å². The van der Waals surface area contributed by atoms with Crippen LogP contribution in [-0.4, -0.2) is 35.6 Å². The molecule has 0 aromatic carbocycles. The second-order valence-electron chi connectivity index (χ2n) is 5.53. The molecule has 2 rings (SSSR count). The van der Waals surface area contributed by atoms with Crippen molar-refractivity contribution in [1.29, 1.82) is 0 Å². The summed E-state index contributed by atoms with van der Waals surface area (Å²) in [5.74, 6) is 0.783. The highest BCUT2D eigenvalue weighted by molar-refractivity contribution is 5.07. The number of aromatic nitrogens is 1. The predicted molar refractivity (Wildman–Crippen MR) is 75.4 cm³/mol. The van der Waals surface area contributed by atoms with E-state index < -0.39 is 0 Å². The number of pyridine rings is 1. The molecule has 18 heavy (non-hydrogen) atoms. The third kappa shape index (κ3) is 3.79. The lowest BCUT2D eigenvalue weighted by Crippen LogP contribution is -2.38. The van der Waals surface area contributed by atoms with Crippen LogP contribution in [0.5, 0.6) is 0 Å². The van der Waals surface area contributed by atoms with Gasteiger partial charge >= 0.3 is 0 Å². The molecule has 1 atom stereocenters. The van der Waals surface area contributed by atoms with Gasteiger partial charge in [-0.2, -0.15) is 0 Å². The molecule has 0 spiro atoms. The zero-order valence-corrected chi connectivity index (χ0v) is 11.6. The van der Waals surface area contributed by atoms with Gasteiger partial charge in [-0.3, -0.25) is 9.88 Å². The van der Waals surface area contributed by atoms with E-state index in [0.29, 0.717) is 0 Å². The van der Waals surface area contributed by atoms with E-state index in [9.17, 15) is 0 Å². The number of rotatable bonds is 6. The molecule has 1 fully saturated rings. The molecule has 1 aromatic heterocycles. The van der Waals surface area contributed by atoms with Crippen LogP contribution in [0.25, 0.3) is 0 Å². The maximum absolute atomic E-state index is 4.13. The van der Waals surface area contributed by atoms with E-state index >= 15 is 0 Å². The Bertz CT molecular complexity index is 337. The smallest absolute Gasteiger partial charge is 0.0312 e. The Labute approximate surface area is 111 Å². The lowest BCUT2D eigenvalue weighted by molar-refractivity contribution is 0.207. The third-order valence-electron chi connectivity index (χ3n) is 3.81. The van der Waals surface area contributed by atoms with Crippen LogP contribution in [0.1, 0.15) is 32.3 Å². The van der Waals surface area contributed by atoms with Crippen LogP contribution >= 0.6 is 0 Å². The van der Waals surface area contributed by atoms with Gasteiger partial charge in [0.1, 0.15) is 0 Å². The van der Waals surface area contributed by atoms with Crippen LogP contribution in [0.3, 0.4) is 0 Å². The van der Waals surface area contributed by atoms with Gasteiger partial charge in [0.15, 0.2) is 0 Å². The van der Waals surface area contributed by atoms with Gasteiger partial charge in [0.25, 0.3) is 0 Å². The Balaban J connectivity index is 1.66. The Hall–Kier alpha value is -0.930. The van der Waals surface area contributed by atoms with E-state index in [-0.39, 0.29) is 0 Å². The lowest BCUT2D eigenvalue weighted by Gasteiger charge is -2.27. The SMILES string of the molecule is CC(C)C1CCCN1CCNCc1cccnc1. The normalized spacial score (nSPS) is 20.7. The Morgan fingerprint density at radius 3 is 3.11 bits per heavy atom. The van der Waals surface area contributed by atoms with E-state index in [1.54, 1.807) is 0 Å². The Kier molecular flexibility index (Phi) is 5.14. The fourth-order valence-corrected chi connectivity index (χ4v) is 2.84. The van der Waals surface area contributed by atoms with Crippen LogP contribution in [-0.2, 0) is 6.54 Å². The average molecular weight is 247 g/mol. The van der Waals surface area contributed by atoms with Crippen molar-refractivity contribution in [2.24, 2.45) is 5.92 Å². The third-order valence-corrected chi connectivity index (χ3v) is 3.81. The highest BCUT2D eigenvalue weighted by Gasteiger charge is 2.25. The minimum absolute atomic E-state index is 0.783. The van der Waals surface area contributed by atoms with Gasteiger partial charge in [-0.05, 0) is 36.9 Å². The summed E-state index contributed by atoms with van der Waals surface area (Å²) in [6, 6.07) is 4.91. The minimum Gasteiger partial charge on any atom is -0.311 e. The molecule has 100 valence electrons. The first kappa shape index (κ1) is 13.5. The second-order valence-corrected chi connectivity index (χ2v) is 5.53. The molecule has 2 heterocycles. The first-order valence-corrected chi connectivity index (χ1v) is 7.11. The number of nitrogens with one attached hydrogen (secondary N) is 1. The van der Waals surface area contributed by atoms with Crippen LogP contribution in [0.2, 0.25) is 0 Å². The fraction of sp³-hybridized carbons (Fsp3) is 0.667. The van der Waals surface area contributed by atoms with Crippen molar-refractivity contribution in [3.63, 3.8) is 0 Å². The van der Waals surface area contributed by atoms with Crippen LogP contribution in [0, 0.1) is 5.92 Å². The predicted octanol–water partition coefficient (Wildman–Crippen LogP) is 2.29. The van der Waals surface area contributed by atoms with E-state index in [2.05, 4.69) is 35.1 Å². The summed E-state index contributed by atoms with van der Waals surface area (Å²) < 4.78 is 0. The number of hydrogen-bond acceptors (Lipinski definition) is 3. The molecule has 0 saturated carbocycles. The summed E-state index contributed by atoms with van der Waals surface area (Å²) >= 11 is 0. The van der Waals surface area contributed by atoms with Crippen molar-refractivity contribution < 1.29 is 0 Å². The zero-order chi connectivity index (χ0) is 12.8. The summed E-state index contributed by atoms with van der Waals surface area (Å²) in [6.45, 7) is 9.12. The standard InChI is InChI=1S/C15H25N3/c1-13(2)15-6-4-9-18(15)10-8-17-12-14-5-3-7-16-11-14/h3,5,7,11,13,15,17H,4,6,8-10,12H2,1-2H3. The van der Waals surface area contributed by atoms with Crippen LogP contribution < -0.4 is 5.32 Å². The second kappa shape index (κ2) is 6.86. The van der Waals surface area contributed by atoms with Gasteiger partial charge in [-0.1, -0.05) is 19.9 Å². The first-order valence-electron chi connectivity index (χ1n) is 7.11. The minimum atomic E-state index is 0.783. The van der Waals surface area contributed by atoms with E-state index in [1.807, 2.05) is 18.5 Å². The first-order chi connectivity index (χ1) is 8.77. The summed E-state index contributed by atoms with van der Waals surface area (Å²) in [7, 11) is 0. The molecule has 0 aliphatic carbocycles. The summed E-state index contributed by atoms with van der Waals surface area (Å²) in [5.41, 5.74) is 1.26. The van der Waals surface area contributed by atoms with Crippen molar-refractivity contribution in [3.8, 4) is 0 Å². The van der Waals surface area contributed by atoms with Gasteiger partial charge in [-0.25, -0.2) is 0 Å². The highest BCUT2D eigenvalue weighted by Crippen LogP contribution is 2.22. The molecule has 0 amide bonds. The molecule has 1 aliphatic heterocycles. The molecular formula is C15H25N3. The van der Waals surface area contributed by atoms with E-state index in [4.69, 9.17) is 0 Å². The van der Waals surface area contributed by atoms with E-state index in [1.165, 1.54) is 31.5 Å². The lowest BCUT2D eigenvalue weighted by atomic mass is 10.0. The van der Waals surface area contributed by atoms with Crippen molar-refractivity contribution in [1.82, 2.24) is 15.2 Å². The highest BCUT2D eigenvalue weighted by atomic mass is 15.2. The molecule has 1 aromatic rings. The maximum Gasteiger partial charge on any atom is 0.0312 e. The molecule has 0 radical (unpaired) electrons. The molecule has 0 bridgehead atoms. The van der Waals surface area contributed by atoms with Crippen molar-refractivity contribution in [3.05, 3.63) is 30.1 Å². The largest absolute Gasteiger partial charge is 0.311 e. The van der Waals surface area contributed by atoms with Gasteiger partial charge < -0.3 is 5.32 Å². The molecule has 3 nitrogen and oxygen atoms in total. The van der Waals surface area contributed by atoms with Crippen molar-refractivity contribution in [2.75, 3.05) is 19.6 Å². The van der Waals surface area contributed by atoms with Crippen LogP contribution in [0.4, 0.5) is 0 Å². The zero-order valence-electron chi connectivity index (χ0n) is 11.6. The summed E-state index contributed by atoms with van der Waals surface area (Å²) in [4.78, 5) is 6.77. The van der Waals surface area contributed by atoms with Gasteiger partial charge in [0.2, 0.25) is 0 Å². The maximum atomic E-state index is 4.13. The molecular weight excluding hydrogens is 222 g/mol. The molecule has 3 heteroatoms. The quantitative estimate of drug-likeness (QED) is 0.782. The number of hydrogen-bond donors (Lipinski definition) is 1. The molecule has 1 N–H and O–H groups in total. The Morgan fingerprint density at radius 1 is 1.50 bits per heavy atom. The molecule has 1 saturated heterocycles. The van der Waals surface area contributed by atoms with Gasteiger partial charge in [-0.15, -0.1) is 0 Å². The van der Waals surface area contributed by atoms with Crippen LogP contribution in [0.15, 0.2) is 24.5 Å². The summed E-state index contributed by atoms with van der Waals surface area (Å²) in [6.07, 6.45) is 6.49. The number of likely N-dealkylation sites (tertiary alicyclic amines) is 1. The summed E-state index contributed by atoms with van der Waals surface area (Å²) in [5, 5.41) is 3.51. The monoisotopic (exact) mass is 247 g/mol. The van der Waals surface area contributed by atoms with Gasteiger partial charge in [0, 0.05) is 38.1 Å². The molecule has 1 unspecified atom stereocenters. The fourth-order valence-electron chi connectivity index (χ4n) is 2.84. The van der Waals surface area contributed by atoms with Gasteiger partial charge in [0.05, 0.1) is 0 Å². The molecule has 1 aliphatic rings. The Morgan fingerprint density at radius 2 is 2.39 bits per heavy atom. The van der Waals surface area contributed by atoms with E-state index in [0.717, 1.165) is 25.0 Å². The number of nitrogens with zero attached hydrogens (tertiary/aromatic N) is 2. The van der Waals surface area contributed by atoms with Crippen molar-refractivity contribution in [2.45, 2.75) is 39.3 Å².